The normalized spacial score (nSPS) is 17.6. The van der Waals surface area contributed by atoms with Crippen molar-refractivity contribution in [3.63, 3.8) is 0 Å². The van der Waals surface area contributed by atoms with Crippen LogP contribution in [0.15, 0.2) is 77.7 Å². The predicted molar refractivity (Wildman–Crippen MR) is 135 cm³/mol. The summed E-state index contributed by atoms with van der Waals surface area (Å²) in [5, 5.41) is 12.8. The molecular formula is C27H30N2O6S. The smallest absolute Gasteiger partial charge is 0.244 e. The fourth-order valence-corrected chi connectivity index (χ4v) is 6.25. The first kappa shape index (κ1) is 25.7. The number of fused-ring (bicyclic) bond motifs is 1. The van der Waals surface area contributed by atoms with Gasteiger partial charge in [0.1, 0.15) is 6.04 Å². The van der Waals surface area contributed by atoms with Gasteiger partial charge in [0, 0.05) is 12.6 Å². The van der Waals surface area contributed by atoms with Crippen molar-refractivity contribution >= 4 is 15.9 Å². The molecular weight excluding hydrogens is 480 g/mol. The second-order valence-corrected chi connectivity index (χ2v) is 10.5. The fourth-order valence-electron chi connectivity index (χ4n) is 4.45. The number of hydrogen-bond acceptors (Lipinski definition) is 6. The molecule has 1 aliphatic heterocycles. The number of hydrogen-bond donors (Lipinski definition) is 2. The van der Waals surface area contributed by atoms with E-state index in [0.717, 1.165) is 11.1 Å². The predicted octanol–water partition coefficient (Wildman–Crippen LogP) is 2.54. The zero-order chi connectivity index (χ0) is 25.7. The van der Waals surface area contributed by atoms with Crippen LogP contribution in [-0.2, 0) is 34.2 Å². The van der Waals surface area contributed by atoms with E-state index in [4.69, 9.17) is 9.47 Å². The molecule has 0 bridgehead atoms. The van der Waals surface area contributed by atoms with Gasteiger partial charge in [0.2, 0.25) is 15.9 Å². The van der Waals surface area contributed by atoms with E-state index in [-0.39, 0.29) is 24.5 Å². The molecule has 0 saturated heterocycles. The summed E-state index contributed by atoms with van der Waals surface area (Å²) in [4.78, 5) is 13.6. The fraction of sp³-hybridized carbons (Fsp3) is 0.296. The van der Waals surface area contributed by atoms with E-state index in [9.17, 15) is 18.3 Å². The van der Waals surface area contributed by atoms with Crippen LogP contribution in [0.2, 0.25) is 0 Å². The molecule has 0 unspecified atom stereocenters. The molecule has 0 saturated carbocycles. The molecule has 2 atom stereocenters. The molecule has 1 amide bonds. The van der Waals surface area contributed by atoms with Gasteiger partial charge in [0.05, 0.1) is 31.8 Å². The van der Waals surface area contributed by atoms with Crippen LogP contribution < -0.4 is 14.8 Å². The molecule has 3 aromatic rings. The van der Waals surface area contributed by atoms with E-state index < -0.39 is 28.0 Å². The van der Waals surface area contributed by atoms with Crippen LogP contribution in [0.25, 0.3) is 0 Å². The van der Waals surface area contributed by atoms with Crippen molar-refractivity contribution in [1.82, 2.24) is 9.62 Å². The van der Waals surface area contributed by atoms with Crippen LogP contribution in [0.5, 0.6) is 11.5 Å². The van der Waals surface area contributed by atoms with Crippen LogP contribution >= 0.6 is 0 Å². The first-order chi connectivity index (χ1) is 17.4. The molecule has 0 aliphatic carbocycles. The van der Waals surface area contributed by atoms with Crippen LogP contribution in [0.1, 0.15) is 16.7 Å². The number of aliphatic hydroxyl groups is 1. The highest BCUT2D eigenvalue weighted by molar-refractivity contribution is 7.89. The van der Waals surface area contributed by atoms with Gasteiger partial charge in [-0.2, -0.15) is 4.31 Å². The lowest BCUT2D eigenvalue weighted by Crippen LogP contribution is -2.55. The highest BCUT2D eigenvalue weighted by atomic mass is 32.2. The third-order valence-electron chi connectivity index (χ3n) is 6.29. The number of carbonyl (C=O) groups is 1. The topological polar surface area (TPSA) is 105 Å². The van der Waals surface area contributed by atoms with Gasteiger partial charge in [-0.15, -0.1) is 0 Å². The van der Waals surface area contributed by atoms with Crippen LogP contribution in [0.4, 0.5) is 0 Å². The monoisotopic (exact) mass is 510 g/mol. The molecule has 0 aromatic heterocycles. The summed E-state index contributed by atoms with van der Waals surface area (Å²) in [6, 6.07) is 20.1. The lowest BCUT2D eigenvalue weighted by atomic mass is 10.0. The van der Waals surface area contributed by atoms with Crippen molar-refractivity contribution in [3.05, 3.63) is 89.5 Å². The lowest BCUT2D eigenvalue weighted by molar-refractivity contribution is -0.126. The summed E-state index contributed by atoms with van der Waals surface area (Å²) in [5.74, 6) is 0.218. The van der Waals surface area contributed by atoms with E-state index in [1.54, 1.807) is 6.07 Å². The van der Waals surface area contributed by atoms with Crippen molar-refractivity contribution in [2.45, 2.75) is 36.4 Å². The molecule has 1 heterocycles. The molecule has 0 fully saturated rings. The average molecular weight is 511 g/mol. The van der Waals surface area contributed by atoms with Crippen molar-refractivity contribution in [3.8, 4) is 11.5 Å². The maximum atomic E-state index is 13.8. The largest absolute Gasteiger partial charge is 0.493 e. The minimum Gasteiger partial charge on any atom is -0.493 e. The lowest BCUT2D eigenvalue weighted by Gasteiger charge is -2.36. The minimum absolute atomic E-state index is 0.0253. The number of sulfonamides is 1. The van der Waals surface area contributed by atoms with Gasteiger partial charge in [0.25, 0.3) is 0 Å². The number of amides is 1. The standard InChI is InChI=1S/C27H30N2O6S/c1-34-24-15-21-14-23(27(31)28-22(18-30)13-19-9-5-3-6-10-19)29(17-20-11-7-4-8-12-20)36(32,33)26(21)16-25(24)35-2/h3-12,15-16,22-23,30H,13-14,17-18H2,1-2H3,(H,28,31)/t22-,23-/m0/s1. The van der Waals surface area contributed by atoms with Gasteiger partial charge in [0.15, 0.2) is 11.5 Å². The summed E-state index contributed by atoms with van der Waals surface area (Å²) in [5.41, 5.74) is 2.18. The van der Waals surface area contributed by atoms with Crippen molar-refractivity contribution in [2.75, 3.05) is 20.8 Å². The first-order valence-corrected chi connectivity index (χ1v) is 13.1. The van der Waals surface area contributed by atoms with Crippen molar-refractivity contribution in [1.29, 1.82) is 0 Å². The van der Waals surface area contributed by atoms with Gasteiger partial charge in [-0.1, -0.05) is 60.7 Å². The summed E-state index contributed by atoms with van der Waals surface area (Å²) in [7, 11) is -1.14. The van der Waals surface area contributed by atoms with Crippen molar-refractivity contribution < 1.29 is 27.8 Å². The number of benzene rings is 3. The molecule has 9 heteroatoms. The molecule has 1 aliphatic rings. The summed E-state index contributed by atoms with van der Waals surface area (Å²) >= 11 is 0. The maximum Gasteiger partial charge on any atom is 0.244 e. The second-order valence-electron chi connectivity index (χ2n) is 8.65. The Kier molecular flexibility index (Phi) is 7.93. The first-order valence-electron chi connectivity index (χ1n) is 11.6. The SMILES string of the molecule is COc1cc2c(cc1OC)S(=O)(=O)N(Cc1ccccc1)[C@H](C(=O)N[C@H](CO)Cc1ccccc1)C2. The number of ether oxygens (including phenoxy) is 2. The molecule has 2 N–H and O–H groups in total. The molecule has 0 radical (unpaired) electrons. The summed E-state index contributed by atoms with van der Waals surface area (Å²) in [6.45, 7) is -0.252. The molecule has 3 aromatic carbocycles. The average Bonchev–Trinajstić information content (AvgIpc) is 2.90. The Balaban J connectivity index is 1.70. The van der Waals surface area contributed by atoms with E-state index in [1.807, 2.05) is 60.7 Å². The maximum absolute atomic E-state index is 13.8. The number of nitrogens with one attached hydrogen (secondary N) is 1. The van der Waals surface area contributed by atoms with Crippen LogP contribution in [0, 0.1) is 0 Å². The quantitative estimate of drug-likeness (QED) is 0.459. The number of methoxy groups -OCH3 is 2. The third-order valence-corrected chi connectivity index (χ3v) is 8.23. The van der Waals surface area contributed by atoms with Gasteiger partial charge in [-0.05, 0) is 35.6 Å². The number of carbonyl (C=O) groups excluding carboxylic acids is 1. The van der Waals surface area contributed by atoms with Gasteiger partial charge in [-0.25, -0.2) is 8.42 Å². The Labute approximate surface area is 211 Å². The molecule has 4 rings (SSSR count). The highest BCUT2D eigenvalue weighted by Crippen LogP contribution is 2.39. The highest BCUT2D eigenvalue weighted by Gasteiger charge is 2.43. The minimum atomic E-state index is -4.06. The van der Waals surface area contributed by atoms with E-state index in [1.165, 1.54) is 24.6 Å². The van der Waals surface area contributed by atoms with Crippen LogP contribution in [-0.4, -0.2) is 56.6 Å². The summed E-state index contributed by atoms with van der Waals surface area (Å²) in [6.07, 6.45) is 0.569. The third kappa shape index (κ3) is 5.38. The second kappa shape index (κ2) is 11.1. The molecule has 190 valence electrons. The number of aliphatic hydroxyl groups excluding tert-OH is 1. The Morgan fingerprint density at radius 1 is 1.00 bits per heavy atom. The Hall–Kier alpha value is -3.40. The molecule has 0 spiro atoms. The van der Waals surface area contributed by atoms with Gasteiger partial charge >= 0.3 is 0 Å². The van der Waals surface area contributed by atoms with Crippen molar-refractivity contribution in [2.24, 2.45) is 0 Å². The molecule has 8 nitrogen and oxygen atoms in total. The number of nitrogens with zero attached hydrogens (tertiary/aromatic N) is 1. The number of rotatable bonds is 9. The Morgan fingerprint density at radius 3 is 2.17 bits per heavy atom. The zero-order valence-electron chi connectivity index (χ0n) is 20.3. The van der Waals surface area contributed by atoms with Gasteiger partial charge < -0.3 is 19.9 Å². The van der Waals surface area contributed by atoms with Gasteiger partial charge in [-0.3, -0.25) is 4.79 Å². The summed E-state index contributed by atoms with van der Waals surface area (Å²) < 4.78 is 39.6. The zero-order valence-corrected chi connectivity index (χ0v) is 21.1. The Bertz CT molecular complexity index is 1300. The van der Waals surface area contributed by atoms with Crippen LogP contribution in [0.3, 0.4) is 0 Å². The van der Waals surface area contributed by atoms with E-state index >= 15 is 0 Å². The molecule has 36 heavy (non-hydrogen) atoms. The Morgan fingerprint density at radius 2 is 1.58 bits per heavy atom. The van der Waals surface area contributed by atoms with E-state index in [0.29, 0.717) is 23.5 Å². The van der Waals surface area contributed by atoms with E-state index in [2.05, 4.69) is 5.32 Å².